The molecule has 3 rings (SSSR count). The zero-order valence-corrected chi connectivity index (χ0v) is 14.4. The average molecular weight is 348 g/mol. The van der Waals surface area contributed by atoms with Gasteiger partial charge in [-0.2, -0.15) is 0 Å². The van der Waals surface area contributed by atoms with Crippen LogP contribution in [0.15, 0.2) is 67.0 Å². The topological polar surface area (TPSA) is 90.1 Å². The normalized spacial score (nSPS) is 11.6. The lowest BCUT2D eigenvalue weighted by molar-refractivity contribution is 0.101. The van der Waals surface area contributed by atoms with Gasteiger partial charge >= 0.3 is 0 Å². The Morgan fingerprint density at radius 2 is 1.92 bits per heavy atom. The van der Waals surface area contributed by atoms with E-state index in [0.717, 1.165) is 11.1 Å². The number of carbonyl (C=O) groups is 1. The first kappa shape index (κ1) is 17.6. The Morgan fingerprint density at radius 1 is 1.12 bits per heavy atom. The second-order valence-corrected chi connectivity index (χ2v) is 5.84. The van der Waals surface area contributed by atoms with Gasteiger partial charge in [0.1, 0.15) is 12.4 Å². The minimum absolute atomic E-state index is 0.145. The van der Waals surface area contributed by atoms with E-state index in [-0.39, 0.29) is 17.6 Å². The van der Waals surface area contributed by atoms with E-state index in [1.165, 1.54) is 0 Å². The predicted octanol–water partition coefficient (Wildman–Crippen LogP) is 3.33. The van der Waals surface area contributed by atoms with Crippen LogP contribution in [0.5, 0.6) is 5.75 Å². The number of pyridine rings is 2. The summed E-state index contributed by atoms with van der Waals surface area (Å²) in [5.74, 6) is 0.449. The maximum Gasteiger partial charge on any atom is 0.279 e. The molecule has 3 aromatic rings. The SMILES string of the molecule is CC(N)c1ccnc(NC(=O)c2ncccc2OCc2ccccc2)c1. The number of anilines is 1. The van der Waals surface area contributed by atoms with Crippen LogP contribution >= 0.6 is 0 Å². The van der Waals surface area contributed by atoms with Crippen LogP contribution in [0.4, 0.5) is 5.82 Å². The number of ether oxygens (including phenoxy) is 1. The van der Waals surface area contributed by atoms with Crippen molar-refractivity contribution in [3.8, 4) is 5.75 Å². The van der Waals surface area contributed by atoms with Gasteiger partial charge in [-0.25, -0.2) is 9.97 Å². The third-order valence-corrected chi connectivity index (χ3v) is 3.77. The second kappa shape index (κ2) is 8.22. The summed E-state index contributed by atoms with van der Waals surface area (Å²) < 4.78 is 5.78. The summed E-state index contributed by atoms with van der Waals surface area (Å²) in [5.41, 5.74) is 7.97. The van der Waals surface area contributed by atoms with Gasteiger partial charge in [0, 0.05) is 18.4 Å². The Morgan fingerprint density at radius 3 is 2.69 bits per heavy atom. The fourth-order valence-electron chi connectivity index (χ4n) is 2.39. The van der Waals surface area contributed by atoms with Gasteiger partial charge in [0.2, 0.25) is 0 Å². The molecule has 0 spiro atoms. The number of nitrogens with two attached hydrogens (primary N) is 1. The fraction of sp³-hybridized carbons (Fsp3) is 0.150. The quantitative estimate of drug-likeness (QED) is 0.713. The minimum atomic E-state index is -0.386. The molecule has 0 aliphatic heterocycles. The van der Waals surface area contributed by atoms with E-state index in [1.54, 1.807) is 30.6 Å². The number of rotatable bonds is 6. The molecule has 3 N–H and O–H groups in total. The van der Waals surface area contributed by atoms with Gasteiger partial charge in [0.05, 0.1) is 0 Å². The Hall–Kier alpha value is -3.25. The highest BCUT2D eigenvalue weighted by Gasteiger charge is 2.15. The maximum atomic E-state index is 12.6. The first-order valence-electron chi connectivity index (χ1n) is 8.28. The van der Waals surface area contributed by atoms with E-state index in [1.807, 2.05) is 43.3 Å². The highest BCUT2D eigenvalue weighted by molar-refractivity contribution is 6.04. The lowest BCUT2D eigenvalue weighted by Crippen LogP contribution is -2.17. The van der Waals surface area contributed by atoms with Gasteiger partial charge in [0.25, 0.3) is 5.91 Å². The van der Waals surface area contributed by atoms with Crippen LogP contribution < -0.4 is 15.8 Å². The Labute approximate surface area is 152 Å². The van der Waals surface area contributed by atoms with Crippen molar-refractivity contribution in [2.24, 2.45) is 5.73 Å². The Balaban J connectivity index is 1.74. The number of carbonyl (C=O) groups excluding carboxylic acids is 1. The van der Waals surface area contributed by atoms with Crippen LogP contribution in [-0.2, 0) is 6.61 Å². The molecule has 0 saturated carbocycles. The molecule has 0 aliphatic rings. The highest BCUT2D eigenvalue weighted by atomic mass is 16.5. The molecule has 6 nitrogen and oxygen atoms in total. The number of aromatic nitrogens is 2. The van der Waals surface area contributed by atoms with E-state index < -0.39 is 0 Å². The van der Waals surface area contributed by atoms with Crippen molar-refractivity contribution in [1.29, 1.82) is 0 Å². The summed E-state index contributed by atoms with van der Waals surface area (Å²) in [6.07, 6.45) is 3.16. The van der Waals surface area contributed by atoms with Gasteiger partial charge in [-0.05, 0) is 42.3 Å². The van der Waals surface area contributed by atoms with Crippen molar-refractivity contribution in [3.63, 3.8) is 0 Å². The smallest absolute Gasteiger partial charge is 0.279 e. The zero-order valence-electron chi connectivity index (χ0n) is 14.4. The van der Waals surface area contributed by atoms with Gasteiger partial charge in [-0.15, -0.1) is 0 Å². The lowest BCUT2D eigenvalue weighted by Gasteiger charge is -2.11. The van der Waals surface area contributed by atoms with E-state index in [4.69, 9.17) is 10.5 Å². The fourth-order valence-corrected chi connectivity index (χ4v) is 2.39. The first-order chi connectivity index (χ1) is 12.6. The van der Waals surface area contributed by atoms with Gasteiger partial charge in [-0.3, -0.25) is 4.79 Å². The van der Waals surface area contributed by atoms with Gasteiger partial charge in [0.15, 0.2) is 11.4 Å². The standard InChI is InChI=1S/C20H20N4O2/c1-14(21)16-9-11-22-18(12-16)24-20(25)19-17(8-5-10-23-19)26-13-15-6-3-2-4-7-15/h2-12,14H,13,21H2,1H3,(H,22,24,25). The number of amides is 1. The number of hydrogen-bond donors (Lipinski definition) is 2. The summed E-state index contributed by atoms with van der Waals surface area (Å²) >= 11 is 0. The predicted molar refractivity (Wildman–Crippen MR) is 99.8 cm³/mol. The largest absolute Gasteiger partial charge is 0.486 e. The third-order valence-electron chi connectivity index (χ3n) is 3.77. The van der Waals surface area contributed by atoms with Crippen LogP contribution in [-0.4, -0.2) is 15.9 Å². The second-order valence-electron chi connectivity index (χ2n) is 5.84. The molecule has 0 saturated heterocycles. The molecule has 1 aromatic carbocycles. The summed E-state index contributed by atoms with van der Waals surface area (Å²) in [5, 5.41) is 2.74. The number of nitrogens with zero attached hydrogens (tertiary/aromatic N) is 2. The van der Waals surface area contributed by atoms with Crippen molar-refractivity contribution >= 4 is 11.7 Å². The number of hydrogen-bond acceptors (Lipinski definition) is 5. The molecule has 26 heavy (non-hydrogen) atoms. The molecular formula is C20H20N4O2. The third kappa shape index (κ3) is 4.43. The minimum Gasteiger partial charge on any atom is -0.486 e. The van der Waals surface area contributed by atoms with Crippen LogP contribution in [0.2, 0.25) is 0 Å². The number of benzene rings is 1. The average Bonchev–Trinajstić information content (AvgIpc) is 2.67. The molecule has 1 unspecified atom stereocenters. The molecule has 2 aromatic heterocycles. The van der Waals surface area contributed by atoms with Crippen molar-refractivity contribution < 1.29 is 9.53 Å². The summed E-state index contributed by atoms with van der Waals surface area (Å²) in [6, 6.07) is 16.6. The van der Waals surface area contributed by atoms with Crippen molar-refractivity contribution in [3.05, 3.63) is 83.8 Å². The number of nitrogens with one attached hydrogen (secondary N) is 1. The molecule has 132 valence electrons. The Bertz CT molecular complexity index is 882. The molecule has 0 aliphatic carbocycles. The molecule has 1 atom stereocenters. The Kier molecular flexibility index (Phi) is 5.56. The maximum absolute atomic E-state index is 12.6. The molecule has 0 bridgehead atoms. The van der Waals surface area contributed by atoms with Crippen LogP contribution in [0.25, 0.3) is 0 Å². The van der Waals surface area contributed by atoms with Gasteiger partial charge in [-0.1, -0.05) is 30.3 Å². The van der Waals surface area contributed by atoms with Crippen LogP contribution in [0.3, 0.4) is 0 Å². The zero-order chi connectivity index (χ0) is 18.4. The molecule has 0 radical (unpaired) electrons. The molecule has 0 fully saturated rings. The van der Waals surface area contributed by atoms with Crippen molar-refractivity contribution in [2.75, 3.05) is 5.32 Å². The monoisotopic (exact) mass is 348 g/mol. The van der Waals surface area contributed by atoms with E-state index >= 15 is 0 Å². The highest BCUT2D eigenvalue weighted by Crippen LogP contribution is 2.19. The van der Waals surface area contributed by atoms with Gasteiger partial charge < -0.3 is 15.8 Å². The first-order valence-corrected chi connectivity index (χ1v) is 8.28. The summed E-state index contributed by atoms with van der Waals surface area (Å²) in [4.78, 5) is 20.9. The summed E-state index contributed by atoms with van der Waals surface area (Å²) in [7, 11) is 0. The van der Waals surface area contributed by atoms with E-state index in [2.05, 4.69) is 15.3 Å². The van der Waals surface area contributed by atoms with E-state index in [0.29, 0.717) is 18.2 Å². The molecular weight excluding hydrogens is 328 g/mol. The van der Waals surface area contributed by atoms with Crippen molar-refractivity contribution in [2.45, 2.75) is 19.6 Å². The lowest BCUT2D eigenvalue weighted by atomic mass is 10.1. The molecule has 6 heteroatoms. The molecule has 2 heterocycles. The van der Waals surface area contributed by atoms with Crippen LogP contribution in [0, 0.1) is 0 Å². The van der Waals surface area contributed by atoms with E-state index in [9.17, 15) is 4.79 Å². The van der Waals surface area contributed by atoms with Crippen LogP contribution in [0.1, 0.15) is 34.6 Å². The van der Waals surface area contributed by atoms with Crippen molar-refractivity contribution in [1.82, 2.24) is 9.97 Å². The summed E-state index contributed by atoms with van der Waals surface area (Å²) in [6.45, 7) is 2.22. The molecule has 1 amide bonds.